The molecule has 1 N–H and O–H groups in total. The predicted molar refractivity (Wildman–Crippen MR) is 84.6 cm³/mol. The van der Waals surface area contributed by atoms with E-state index >= 15 is 0 Å². The van der Waals surface area contributed by atoms with E-state index in [1.165, 1.54) is 23.4 Å². The Kier molecular flexibility index (Phi) is 3.63. The van der Waals surface area contributed by atoms with E-state index in [-0.39, 0.29) is 0 Å². The van der Waals surface area contributed by atoms with Crippen molar-refractivity contribution in [3.63, 3.8) is 0 Å². The van der Waals surface area contributed by atoms with Gasteiger partial charge in [0.2, 0.25) is 0 Å². The number of nitrogens with one attached hydrogen (secondary N) is 1. The van der Waals surface area contributed by atoms with Crippen LogP contribution in [0.4, 0.5) is 11.4 Å². The molecular formula is C17H26N2O. The fourth-order valence-corrected chi connectivity index (χ4v) is 3.12. The summed E-state index contributed by atoms with van der Waals surface area (Å²) in [6.07, 6.45) is 1.18. The summed E-state index contributed by atoms with van der Waals surface area (Å²) < 4.78 is 5.44. The smallest absolute Gasteiger partial charge is 0.0642 e. The second-order valence-corrected chi connectivity index (χ2v) is 7.09. The maximum Gasteiger partial charge on any atom is 0.0642 e. The summed E-state index contributed by atoms with van der Waals surface area (Å²) in [6, 6.07) is 6.87. The van der Waals surface area contributed by atoms with E-state index in [1.807, 2.05) is 0 Å². The Morgan fingerprint density at radius 2 is 1.95 bits per heavy atom. The molecule has 1 fully saturated rings. The molecule has 1 aromatic carbocycles. The number of hydrogen-bond acceptors (Lipinski definition) is 3. The second kappa shape index (κ2) is 5.28. The summed E-state index contributed by atoms with van der Waals surface area (Å²) in [5, 5.41) is 3.61. The summed E-state index contributed by atoms with van der Waals surface area (Å²) in [4.78, 5) is 2.44. The van der Waals surface area contributed by atoms with Gasteiger partial charge in [-0.15, -0.1) is 0 Å². The second-order valence-electron chi connectivity index (χ2n) is 7.09. The minimum Gasteiger partial charge on any atom is -0.385 e. The van der Waals surface area contributed by atoms with Gasteiger partial charge in [0.1, 0.15) is 0 Å². The molecule has 0 radical (unpaired) electrons. The molecular weight excluding hydrogens is 248 g/mol. The summed E-state index contributed by atoms with van der Waals surface area (Å²) in [5.74, 6) is 0.704. The van der Waals surface area contributed by atoms with E-state index in [0.717, 1.165) is 32.8 Å². The van der Waals surface area contributed by atoms with Crippen LogP contribution in [0.5, 0.6) is 0 Å². The number of nitrogens with zero attached hydrogens (tertiary/aromatic N) is 1. The number of anilines is 2. The number of rotatable bonds is 1. The summed E-state index contributed by atoms with van der Waals surface area (Å²) in [5.41, 5.74) is 4.51. The molecule has 110 valence electrons. The van der Waals surface area contributed by atoms with Gasteiger partial charge in [0.05, 0.1) is 13.2 Å². The third kappa shape index (κ3) is 2.78. The molecule has 3 nitrogen and oxygen atoms in total. The van der Waals surface area contributed by atoms with Crippen LogP contribution in [-0.2, 0) is 11.2 Å². The van der Waals surface area contributed by atoms with Crippen molar-refractivity contribution in [2.24, 2.45) is 11.3 Å². The van der Waals surface area contributed by atoms with Gasteiger partial charge in [0, 0.05) is 31.0 Å². The van der Waals surface area contributed by atoms with E-state index in [9.17, 15) is 0 Å². The van der Waals surface area contributed by atoms with E-state index in [1.54, 1.807) is 0 Å². The summed E-state index contributed by atoms with van der Waals surface area (Å²) in [7, 11) is 0. The lowest BCUT2D eigenvalue weighted by atomic mass is 9.75. The SMILES string of the molecule is CC(C)(C)C1CNc2ccc(N3CCOCC3)cc2C1. The Hall–Kier alpha value is -1.22. The number of hydrogen-bond donors (Lipinski definition) is 1. The molecule has 2 aliphatic rings. The third-order valence-corrected chi connectivity index (χ3v) is 4.70. The van der Waals surface area contributed by atoms with Gasteiger partial charge in [-0.3, -0.25) is 0 Å². The normalized spacial score (nSPS) is 23.1. The van der Waals surface area contributed by atoms with E-state index < -0.39 is 0 Å². The Balaban J connectivity index is 1.81. The van der Waals surface area contributed by atoms with Crippen molar-refractivity contribution in [3.8, 4) is 0 Å². The lowest BCUT2D eigenvalue weighted by Crippen LogP contribution is -2.37. The standard InChI is InChI=1S/C17H26N2O/c1-17(2,3)14-10-13-11-15(4-5-16(13)18-12-14)19-6-8-20-9-7-19/h4-5,11,14,18H,6-10,12H2,1-3H3. The molecule has 1 saturated heterocycles. The maximum absolute atomic E-state index is 5.44. The van der Waals surface area contributed by atoms with Crippen molar-refractivity contribution >= 4 is 11.4 Å². The van der Waals surface area contributed by atoms with Crippen LogP contribution in [0.25, 0.3) is 0 Å². The molecule has 3 rings (SSSR count). The molecule has 2 heterocycles. The van der Waals surface area contributed by atoms with Crippen molar-refractivity contribution in [1.82, 2.24) is 0 Å². The Labute approximate surface area is 122 Å². The van der Waals surface area contributed by atoms with Crippen molar-refractivity contribution in [2.45, 2.75) is 27.2 Å². The number of morpholine rings is 1. The lowest BCUT2D eigenvalue weighted by molar-refractivity contribution is 0.122. The molecule has 0 spiro atoms. The van der Waals surface area contributed by atoms with Gasteiger partial charge in [-0.05, 0) is 41.5 Å². The van der Waals surface area contributed by atoms with Crippen molar-refractivity contribution in [3.05, 3.63) is 23.8 Å². The highest BCUT2D eigenvalue weighted by molar-refractivity contribution is 5.62. The van der Waals surface area contributed by atoms with Crippen LogP contribution in [0.2, 0.25) is 0 Å². The van der Waals surface area contributed by atoms with Gasteiger partial charge in [-0.2, -0.15) is 0 Å². The van der Waals surface area contributed by atoms with Crippen LogP contribution in [0.15, 0.2) is 18.2 Å². The van der Waals surface area contributed by atoms with Crippen LogP contribution in [0.1, 0.15) is 26.3 Å². The van der Waals surface area contributed by atoms with Crippen LogP contribution in [0.3, 0.4) is 0 Å². The van der Waals surface area contributed by atoms with Crippen LogP contribution >= 0.6 is 0 Å². The van der Waals surface area contributed by atoms with Crippen LogP contribution < -0.4 is 10.2 Å². The average Bonchev–Trinajstić information content (AvgIpc) is 2.46. The van der Waals surface area contributed by atoms with Gasteiger partial charge < -0.3 is 15.0 Å². The molecule has 0 aliphatic carbocycles. The molecule has 0 aromatic heterocycles. The lowest BCUT2D eigenvalue weighted by Gasteiger charge is -2.36. The number of benzene rings is 1. The molecule has 0 bridgehead atoms. The Morgan fingerprint density at radius 1 is 1.20 bits per heavy atom. The zero-order chi connectivity index (χ0) is 14.2. The molecule has 20 heavy (non-hydrogen) atoms. The highest BCUT2D eigenvalue weighted by atomic mass is 16.5. The predicted octanol–water partition coefficient (Wildman–Crippen LogP) is 3.15. The van der Waals surface area contributed by atoms with Crippen LogP contribution in [-0.4, -0.2) is 32.8 Å². The van der Waals surface area contributed by atoms with Crippen LogP contribution in [0, 0.1) is 11.3 Å². The minimum absolute atomic E-state index is 0.361. The highest BCUT2D eigenvalue weighted by Gasteiger charge is 2.28. The first-order valence-electron chi connectivity index (χ1n) is 7.73. The molecule has 0 amide bonds. The topological polar surface area (TPSA) is 24.5 Å². The number of ether oxygens (including phenoxy) is 1. The first-order chi connectivity index (χ1) is 9.54. The molecule has 1 atom stereocenters. The largest absolute Gasteiger partial charge is 0.385 e. The van der Waals surface area contributed by atoms with Gasteiger partial charge in [-0.1, -0.05) is 20.8 Å². The number of fused-ring (bicyclic) bond motifs is 1. The van der Waals surface area contributed by atoms with Gasteiger partial charge >= 0.3 is 0 Å². The fourth-order valence-electron chi connectivity index (χ4n) is 3.12. The zero-order valence-corrected chi connectivity index (χ0v) is 12.9. The third-order valence-electron chi connectivity index (χ3n) is 4.70. The summed E-state index contributed by atoms with van der Waals surface area (Å²) >= 11 is 0. The van der Waals surface area contributed by atoms with Gasteiger partial charge in [0.25, 0.3) is 0 Å². The first-order valence-corrected chi connectivity index (χ1v) is 7.73. The van der Waals surface area contributed by atoms with Crippen molar-refractivity contribution in [1.29, 1.82) is 0 Å². The Morgan fingerprint density at radius 3 is 2.65 bits per heavy atom. The van der Waals surface area contributed by atoms with Gasteiger partial charge in [0.15, 0.2) is 0 Å². The Bertz CT molecular complexity index is 472. The fraction of sp³-hybridized carbons (Fsp3) is 0.647. The molecule has 1 unspecified atom stereocenters. The highest BCUT2D eigenvalue weighted by Crippen LogP contribution is 2.36. The van der Waals surface area contributed by atoms with E-state index in [2.05, 4.69) is 49.2 Å². The quantitative estimate of drug-likeness (QED) is 0.851. The summed E-state index contributed by atoms with van der Waals surface area (Å²) in [6.45, 7) is 11.8. The monoisotopic (exact) mass is 274 g/mol. The zero-order valence-electron chi connectivity index (χ0n) is 12.9. The molecule has 3 heteroatoms. The molecule has 0 saturated carbocycles. The molecule has 2 aliphatic heterocycles. The van der Waals surface area contributed by atoms with E-state index in [4.69, 9.17) is 4.74 Å². The first kappa shape index (κ1) is 13.7. The molecule has 1 aromatic rings. The average molecular weight is 274 g/mol. The van der Waals surface area contributed by atoms with Crippen molar-refractivity contribution in [2.75, 3.05) is 43.1 Å². The van der Waals surface area contributed by atoms with Gasteiger partial charge in [-0.25, -0.2) is 0 Å². The maximum atomic E-state index is 5.44. The minimum atomic E-state index is 0.361. The van der Waals surface area contributed by atoms with Crippen molar-refractivity contribution < 1.29 is 4.74 Å². The van der Waals surface area contributed by atoms with E-state index in [0.29, 0.717) is 11.3 Å².